The van der Waals surface area contributed by atoms with Crippen LogP contribution in [0.25, 0.3) is 0 Å². The van der Waals surface area contributed by atoms with E-state index in [1.165, 1.54) is 19.3 Å². The third-order valence-corrected chi connectivity index (χ3v) is 3.28. The van der Waals surface area contributed by atoms with Crippen molar-refractivity contribution >= 4 is 11.8 Å². The summed E-state index contributed by atoms with van der Waals surface area (Å²) < 4.78 is 0. The van der Waals surface area contributed by atoms with Crippen molar-refractivity contribution in [3.8, 4) is 0 Å². The second-order valence-electron chi connectivity index (χ2n) is 4.72. The first kappa shape index (κ1) is 12.1. The maximum atomic E-state index is 5.37. The third kappa shape index (κ3) is 2.85. The number of hydrogen-bond acceptors (Lipinski definition) is 5. The Morgan fingerprint density at radius 3 is 3.06 bits per heavy atom. The minimum Gasteiger partial charge on any atom is -0.356 e. The van der Waals surface area contributed by atoms with Gasteiger partial charge in [-0.15, -0.1) is 0 Å². The van der Waals surface area contributed by atoms with Crippen LogP contribution in [-0.4, -0.2) is 23.1 Å². The first-order chi connectivity index (χ1) is 8.22. The van der Waals surface area contributed by atoms with Gasteiger partial charge in [0.1, 0.15) is 5.82 Å². The van der Waals surface area contributed by atoms with E-state index in [0.29, 0.717) is 5.95 Å². The van der Waals surface area contributed by atoms with Crippen LogP contribution in [0.1, 0.15) is 31.9 Å². The maximum Gasteiger partial charge on any atom is 0.239 e. The minimum absolute atomic E-state index is 0.499. The van der Waals surface area contributed by atoms with Crippen LogP contribution in [0.5, 0.6) is 0 Å². The zero-order valence-electron chi connectivity index (χ0n) is 10.6. The molecule has 0 aliphatic carbocycles. The smallest absolute Gasteiger partial charge is 0.239 e. The molecule has 5 heteroatoms. The first-order valence-electron chi connectivity index (χ1n) is 6.30. The van der Waals surface area contributed by atoms with Gasteiger partial charge in [0.25, 0.3) is 0 Å². The molecule has 0 bridgehead atoms. The van der Waals surface area contributed by atoms with Crippen LogP contribution in [0.2, 0.25) is 0 Å². The minimum atomic E-state index is 0.499. The quantitative estimate of drug-likeness (QED) is 0.614. The SMILES string of the molecule is CCCC1CCN(c2cc(C)nc(NN)n2)C1. The van der Waals surface area contributed by atoms with Crippen molar-refractivity contribution in [2.45, 2.75) is 33.1 Å². The molecular weight excluding hydrogens is 214 g/mol. The molecule has 1 aromatic heterocycles. The van der Waals surface area contributed by atoms with Gasteiger partial charge >= 0.3 is 0 Å². The highest BCUT2D eigenvalue weighted by Crippen LogP contribution is 2.25. The Kier molecular flexibility index (Phi) is 3.78. The zero-order chi connectivity index (χ0) is 12.3. The standard InChI is InChI=1S/C12H21N5/c1-3-4-10-5-6-17(8-10)11-7-9(2)14-12(15-11)16-13/h7,10H,3-6,8,13H2,1-2H3,(H,14,15,16). The van der Waals surface area contributed by atoms with Crippen LogP contribution in [0.3, 0.4) is 0 Å². The Morgan fingerprint density at radius 2 is 2.35 bits per heavy atom. The third-order valence-electron chi connectivity index (χ3n) is 3.28. The lowest BCUT2D eigenvalue weighted by atomic mass is 10.0. The lowest BCUT2D eigenvalue weighted by molar-refractivity contribution is 0.529. The molecular formula is C12H21N5. The Morgan fingerprint density at radius 1 is 1.53 bits per heavy atom. The van der Waals surface area contributed by atoms with E-state index >= 15 is 0 Å². The van der Waals surface area contributed by atoms with Gasteiger partial charge in [-0.25, -0.2) is 10.8 Å². The fraction of sp³-hybridized carbons (Fsp3) is 0.667. The average Bonchev–Trinajstić information content (AvgIpc) is 2.77. The summed E-state index contributed by atoms with van der Waals surface area (Å²) in [4.78, 5) is 10.9. The topological polar surface area (TPSA) is 67.1 Å². The molecule has 2 rings (SSSR count). The summed E-state index contributed by atoms with van der Waals surface area (Å²) in [5, 5.41) is 0. The number of rotatable bonds is 4. The van der Waals surface area contributed by atoms with Gasteiger partial charge in [0.15, 0.2) is 0 Å². The van der Waals surface area contributed by atoms with Gasteiger partial charge in [0.05, 0.1) is 0 Å². The number of nitrogens with one attached hydrogen (secondary N) is 1. The van der Waals surface area contributed by atoms with Crippen LogP contribution in [0.4, 0.5) is 11.8 Å². The largest absolute Gasteiger partial charge is 0.356 e. The van der Waals surface area contributed by atoms with Crippen molar-refractivity contribution in [2.24, 2.45) is 11.8 Å². The van der Waals surface area contributed by atoms with Gasteiger partial charge in [0, 0.05) is 24.8 Å². The molecule has 1 aromatic rings. The molecule has 1 fully saturated rings. The van der Waals surface area contributed by atoms with E-state index in [2.05, 4.69) is 27.2 Å². The van der Waals surface area contributed by atoms with E-state index in [9.17, 15) is 0 Å². The summed E-state index contributed by atoms with van der Waals surface area (Å²) in [5.41, 5.74) is 3.47. The Balaban J connectivity index is 2.10. The first-order valence-corrected chi connectivity index (χ1v) is 6.30. The summed E-state index contributed by atoms with van der Waals surface area (Å²) in [6.45, 7) is 6.40. The highest BCUT2D eigenvalue weighted by atomic mass is 15.3. The zero-order valence-corrected chi connectivity index (χ0v) is 10.6. The van der Waals surface area contributed by atoms with Crippen LogP contribution in [0, 0.1) is 12.8 Å². The van der Waals surface area contributed by atoms with Crippen molar-refractivity contribution in [2.75, 3.05) is 23.4 Å². The summed E-state index contributed by atoms with van der Waals surface area (Å²) in [6.07, 6.45) is 3.84. The second kappa shape index (κ2) is 5.31. The van der Waals surface area contributed by atoms with Gasteiger partial charge < -0.3 is 4.90 Å². The highest BCUT2D eigenvalue weighted by Gasteiger charge is 2.23. The predicted octanol–water partition coefficient (Wildman–Crippen LogP) is 1.70. The summed E-state index contributed by atoms with van der Waals surface area (Å²) >= 11 is 0. The average molecular weight is 235 g/mol. The van der Waals surface area contributed by atoms with Crippen LogP contribution >= 0.6 is 0 Å². The van der Waals surface area contributed by atoms with E-state index in [1.807, 2.05) is 13.0 Å². The molecule has 0 amide bonds. The fourth-order valence-corrected chi connectivity index (χ4v) is 2.46. The molecule has 2 heterocycles. The summed E-state index contributed by atoms with van der Waals surface area (Å²) in [5.74, 6) is 7.67. The molecule has 94 valence electrons. The lowest BCUT2D eigenvalue weighted by Gasteiger charge is -2.18. The predicted molar refractivity (Wildman–Crippen MR) is 69.8 cm³/mol. The number of nitrogens with zero attached hydrogens (tertiary/aromatic N) is 3. The van der Waals surface area contributed by atoms with Crippen molar-refractivity contribution in [3.63, 3.8) is 0 Å². The Hall–Kier alpha value is -1.36. The Bertz CT molecular complexity index is 379. The van der Waals surface area contributed by atoms with E-state index < -0.39 is 0 Å². The van der Waals surface area contributed by atoms with Crippen LogP contribution < -0.4 is 16.2 Å². The van der Waals surface area contributed by atoms with Gasteiger partial charge in [-0.3, -0.25) is 5.43 Å². The second-order valence-corrected chi connectivity index (χ2v) is 4.72. The Labute approximate surface area is 102 Å². The molecule has 1 unspecified atom stereocenters. The van der Waals surface area contributed by atoms with Crippen molar-refractivity contribution < 1.29 is 0 Å². The molecule has 0 spiro atoms. The van der Waals surface area contributed by atoms with Crippen molar-refractivity contribution in [1.82, 2.24) is 9.97 Å². The number of anilines is 2. The number of aromatic nitrogens is 2. The van der Waals surface area contributed by atoms with Gasteiger partial charge in [-0.05, 0) is 25.7 Å². The number of hydrogen-bond donors (Lipinski definition) is 2. The van der Waals surface area contributed by atoms with E-state index in [4.69, 9.17) is 5.84 Å². The molecule has 0 radical (unpaired) electrons. The number of nitrogen functional groups attached to an aromatic ring is 1. The number of aryl methyl sites for hydroxylation is 1. The molecule has 3 N–H and O–H groups in total. The molecule has 0 saturated carbocycles. The molecule has 0 aromatic carbocycles. The molecule has 5 nitrogen and oxygen atoms in total. The fourth-order valence-electron chi connectivity index (χ4n) is 2.46. The van der Waals surface area contributed by atoms with Crippen molar-refractivity contribution in [1.29, 1.82) is 0 Å². The van der Waals surface area contributed by atoms with Gasteiger partial charge in [0.2, 0.25) is 5.95 Å². The normalized spacial score (nSPS) is 19.7. The summed E-state index contributed by atoms with van der Waals surface area (Å²) in [6, 6.07) is 2.02. The van der Waals surface area contributed by atoms with Gasteiger partial charge in [-0.2, -0.15) is 4.98 Å². The molecule has 1 saturated heterocycles. The van der Waals surface area contributed by atoms with E-state index in [0.717, 1.165) is 30.5 Å². The highest BCUT2D eigenvalue weighted by molar-refractivity contribution is 5.45. The van der Waals surface area contributed by atoms with E-state index in [1.54, 1.807) is 0 Å². The molecule has 17 heavy (non-hydrogen) atoms. The van der Waals surface area contributed by atoms with Crippen LogP contribution in [-0.2, 0) is 0 Å². The van der Waals surface area contributed by atoms with E-state index in [-0.39, 0.29) is 0 Å². The van der Waals surface area contributed by atoms with Crippen molar-refractivity contribution in [3.05, 3.63) is 11.8 Å². The summed E-state index contributed by atoms with van der Waals surface area (Å²) in [7, 11) is 0. The number of nitrogens with two attached hydrogens (primary N) is 1. The molecule has 1 aliphatic rings. The van der Waals surface area contributed by atoms with Gasteiger partial charge in [-0.1, -0.05) is 13.3 Å². The number of hydrazine groups is 1. The van der Waals surface area contributed by atoms with Crippen LogP contribution in [0.15, 0.2) is 6.07 Å². The monoisotopic (exact) mass is 235 g/mol. The lowest BCUT2D eigenvalue weighted by Crippen LogP contribution is -2.22. The maximum absolute atomic E-state index is 5.37. The molecule has 1 atom stereocenters. The molecule has 1 aliphatic heterocycles.